The third-order valence-corrected chi connectivity index (χ3v) is 5.88. The zero-order valence-corrected chi connectivity index (χ0v) is 14.5. The zero-order chi connectivity index (χ0) is 18.3. The van der Waals surface area contributed by atoms with Gasteiger partial charge in [-0.15, -0.1) is 0 Å². The molecule has 1 aromatic rings. The summed E-state index contributed by atoms with van der Waals surface area (Å²) in [7, 11) is 0. The first-order valence-corrected chi connectivity index (χ1v) is 8.23. The monoisotopic (exact) mass is 346 g/mol. The number of fused-ring (bicyclic) bond motifs is 2. The van der Waals surface area contributed by atoms with Gasteiger partial charge in [0.2, 0.25) is 0 Å². The minimum Gasteiger partial charge on any atom is -0.484 e. The van der Waals surface area contributed by atoms with Crippen LogP contribution in [0.1, 0.15) is 33.6 Å². The Morgan fingerprint density at radius 2 is 1.80 bits per heavy atom. The van der Waals surface area contributed by atoms with Crippen LogP contribution in [-0.2, 0) is 19.1 Å². The highest BCUT2D eigenvalue weighted by Crippen LogP contribution is 2.65. The van der Waals surface area contributed by atoms with Gasteiger partial charge in [0, 0.05) is 5.41 Å². The molecule has 7 heteroatoms. The summed E-state index contributed by atoms with van der Waals surface area (Å²) in [5.41, 5.74) is 2.09. The minimum atomic E-state index is -1.26. The van der Waals surface area contributed by atoms with Crippen LogP contribution in [0.15, 0.2) is 30.3 Å². The summed E-state index contributed by atoms with van der Waals surface area (Å²) in [6, 6.07) is 8.88. The van der Waals surface area contributed by atoms with Gasteiger partial charge in [-0.3, -0.25) is 25.2 Å². The van der Waals surface area contributed by atoms with E-state index in [0.29, 0.717) is 18.6 Å². The number of nitrogens with one attached hydrogen (secondary N) is 2. The Balaban J connectivity index is 1.58. The summed E-state index contributed by atoms with van der Waals surface area (Å²) in [5.74, 6) is -0.825. The maximum atomic E-state index is 12.7. The van der Waals surface area contributed by atoms with E-state index in [2.05, 4.69) is 10.9 Å². The van der Waals surface area contributed by atoms with Crippen LogP contribution >= 0.6 is 0 Å². The van der Waals surface area contributed by atoms with E-state index in [1.165, 1.54) is 0 Å². The van der Waals surface area contributed by atoms with Crippen molar-refractivity contribution in [1.82, 2.24) is 10.9 Å². The highest BCUT2D eigenvalue weighted by Gasteiger charge is 2.75. The van der Waals surface area contributed by atoms with Gasteiger partial charge >= 0.3 is 5.97 Å². The molecule has 2 aliphatic rings. The first-order chi connectivity index (χ1) is 11.7. The van der Waals surface area contributed by atoms with Crippen LogP contribution in [-0.4, -0.2) is 30.0 Å². The van der Waals surface area contributed by atoms with E-state index in [0.717, 1.165) is 0 Å². The molecule has 1 saturated carbocycles. The number of carbonyl (C=O) groups excluding carboxylic acids is 3. The van der Waals surface area contributed by atoms with Crippen molar-refractivity contribution >= 4 is 17.8 Å². The van der Waals surface area contributed by atoms with Crippen LogP contribution in [0.2, 0.25) is 0 Å². The number of para-hydroxylation sites is 1. The molecule has 1 aliphatic heterocycles. The van der Waals surface area contributed by atoms with Crippen LogP contribution in [0, 0.1) is 10.8 Å². The van der Waals surface area contributed by atoms with Crippen LogP contribution in [0.25, 0.3) is 0 Å². The first-order valence-electron chi connectivity index (χ1n) is 8.23. The molecule has 1 saturated heterocycles. The lowest BCUT2D eigenvalue weighted by atomic mass is 9.66. The van der Waals surface area contributed by atoms with E-state index in [1.54, 1.807) is 24.3 Å². The summed E-state index contributed by atoms with van der Waals surface area (Å²) < 4.78 is 10.8. The number of hydrogen-bond acceptors (Lipinski definition) is 5. The average Bonchev–Trinajstić information content (AvgIpc) is 2.89. The third kappa shape index (κ3) is 2.45. The Hall–Kier alpha value is -2.57. The summed E-state index contributed by atoms with van der Waals surface area (Å²) >= 11 is 0. The number of hydrazine groups is 1. The molecule has 2 bridgehead atoms. The molecule has 2 N–H and O–H groups in total. The first kappa shape index (κ1) is 17.3. The predicted molar refractivity (Wildman–Crippen MR) is 88.2 cm³/mol. The van der Waals surface area contributed by atoms with Crippen molar-refractivity contribution in [3.8, 4) is 5.75 Å². The fourth-order valence-corrected chi connectivity index (χ4v) is 3.68. The molecule has 1 aliphatic carbocycles. The summed E-state index contributed by atoms with van der Waals surface area (Å²) in [4.78, 5) is 36.7. The van der Waals surface area contributed by atoms with E-state index >= 15 is 0 Å². The van der Waals surface area contributed by atoms with Crippen molar-refractivity contribution < 1.29 is 23.9 Å². The van der Waals surface area contributed by atoms with Gasteiger partial charge in [-0.2, -0.15) is 0 Å². The maximum absolute atomic E-state index is 12.7. The quantitative estimate of drug-likeness (QED) is 0.634. The van der Waals surface area contributed by atoms with Crippen LogP contribution in [0.4, 0.5) is 0 Å². The Morgan fingerprint density at radius 1 is 1.12 bits per heavy atom. The van der Waals surface area contributed by atoms with Crippen molar-refractivity contribution in [3.05, 3.63) is 30.3 Å². The number of rotatable bonds is 4. The number of carbonyl (C=O) groups is 3. The Morgan fingerprint density at radius 3 is 2.36 bits per heavy atom. The molecule has 2 amide bonds. The summed E-state index contributed by atoms with van der Waals surface area (Å²) in [6.07, 6.45) is 1.02. The van der Waals surface area contributed by atoms with Crippen molar-refractivity contribution in [2.45, 2.75) is 39.2 Å². The molecule has 25 heavy (non-hydrogen) atoms. The van der Waals surface area contributed by atoms with Gasteiger partial charge in [-0.25, -0.2) is 0 Å². The third-order valence-electron chi connectivity index (χ3n) is 5.88. The maximum Gasteiger partial charge on any atom is 0.313 e. The lowest BCUT2D eigenvalue weighted by Crippen LogP contribution is -2.58. The van der Waals surface area contributed by atoms with E-state index in [-0.39, 0.29) is 12.6 Å². The fourth-order valence-electron chi connectivity index (χ4n) is 3.68. The average molecular weight is 346 g/mol. The van der Waals surface area contributed by atoms with Gasteiger partial charge in [-0.05, 0) is 31.9 Å². The molecule has 2 unspecified atom stereocenters. The molecule has 134 valence electrons. The topological polar surface area (TPSA) is 93.7 Å². The molecule has 2 fully saturated rings. The normalized spacial score (nSPS) is 29.0. The number of hydrogen-bond donors (Lipinski definition) is 2. The van der Waals surface area contributed by atoms with Gasteiger partial charge in [0.25, 0.3) is 11.8 Å². The SMILES string of the molecule is CC12CCC(C(=O)NNC(=O)COc3ccccc3)(OC1=O)C2(C)C. The molecule has 1 aromatic carbocycles. The van der Waals surface area contributed by atoms with Gasteiger partial charge in [0.15, 0.2) is 12.2 Å². The lowest BCUT2D eigenvalue weighted by Gasteiger charge is -2.35. The zero-order valence-electron chi connectivity index (χ0n) is 14.5. The number of amides is 2. The molecule has 7 nitrogen and oxygen atoms in total. The standard InChI is InChI=1S/C18H22N2O5/c1-16(2)17(3)9-10-18(16,25-15(17)23)14(22)20-19-13(21)11-24-12-7-5-4-6-8-12/h4-8H,9-11H2,1-3H3,(H,19,21)(H,20,22). The summed E-state index contributed by atoms with van der Waals surface area (Å²) in [5, 5.41) is 0. The molecule has 1 heterocycles. The number of ether oxygens (including phenoxy) is 2. The van der Waals surface area contributed by atoms with E-state index < -0.39 is 28.2 Å². The molecule has 0 radical (unpaired) electrons. The molecule has 3 rings (SSSR count). The van der Waals surface area contributed by atoms with E-state index in [9.17, 15) is 14.4 Å². The van der Waals surface area contributed by atoms with Crippen molar-refractivity contribution in [1.29, 1.82) is 0 Å². The van der Waals surface area contributed by atoms with Gasteiger partial charge in [0.05, 0.1) is 5.41 Å². The number of esters is 1. The predicted octanol–water partition coefficient (Wildman–Crippen LogP) is 1.33. The fraction of sp³-hybridized carbons (Fsp3) is 0.500. The summed E-state index contributed by atoms with van der Waals surface area (Å²) in [6.45, 7) is 5.29. The second-order valence-corrected chi connectivity index (χ2v) is 7.28. The largest absolute Gasteiger partial charge is 0.484 e. The van der Waals surface area contributed by atoms with Gasteiger partial charge in [-0.1, -0.05) is 32.0 Å². The van der Waals surface area contributed by atoms with Crippen molar-refractivity contribution in [2.24, 2.45) is 10.8 Å². The van der Waals surface area contributed by atoms with Gasteiger partial charge in [0.1, 0.15) is 5.75 Å². The van der Waals surface area contributed by atoms with E-state index in [1.807, 2.05) is 26.8 Å². The van der Waals surface area contributed by atoms with Crippen LogP contribution in [0.3, 0.4) is 0 Å². The Labute approximate surface area is 146 Å². The van der Waals surface area contributed by atoms with Gasteiger partial charge < -0.3 is 9.47 Å². The second-order valence-electron chi connectivity index (χ2n) is 7.28. The molecular formula is C18H22N2O5. The highest BCUT2D eigenvalue weighted by molar-refractivity contribution is 5.97. The van der Waals surface area contributed by atoms with Crippen LogP contribution in [0.5, 0.6) is 5.75 Å². The highest BCUT2D eigenvalue weighted by atomic mass is 16.6. The lowest BCUT2D eigenvalue weighted by molar-refractivity contribution is -0.169. The van der Waals surface area contributed by atoms with Crippen molar-refractivity contribution in [2.75, 3.05) is 6.61 Å². The smallest absolute Gasteiger partial charge is 0.313 e. The molecule has 2 atom stereocenters. The Bertz CT molecular complexity index is 717. The minimum absolute atomic E-state index is 0.238. The van der Waals surface area contributed by atoms with E-state index in [4.69, 9.17) is 9.47 Å². The number of benzene rings is 1. The second kappa shape index (κ2) is 5.75. The molecular weight excluding hydrogens is 324 g/mol. The molecule has 0 spiro atoms. The Kier molecular flexibility index (Phi) is 3.97. The molecule has 0 aromatic heterocycles. The van der Waals surface area contributed by atoms with Crippen molar-refractivity contribution in [3.63, 3.8) is 0 Å². The van der Waals surface area contributed by atoms with Crippen LogP contribution < -0.4 is 15.6 Å².